The fourth-order valence-corrected chi connectivity index (χ4v) is 5.41. The fraction of sp³-hybridized carbons (Fsp3) is 0.294. The molecule has 41 heavy (non-hydrogen) atoms. The Morgan fingerprint density at radius 3 is 2.07 bits per heavy atom. The van der Waals surface area contributed by atoms with Gasteiger partial charge in [0.2, 0.25) is 5.79 Å². The standard InChI is InChI=1S/C34H35ClO6/c1-38-34(23-36)33(40-22-26-10-6-3-7-11-26)32(39-21-25-8-4-2-5-9-25)20-31(41-34)27-14-17-30(35)28(19-27)18-24-12-15-29(37)16-13-24/h2-17,19,31-33,36-37H,18,20-23H2,1H3. The van der Waals surface area contributed by atoms with Crippen molar-refractivity contribution in [2.45, 2.75) is 50.2 Å². The molecule has 7 heteroatoms. The monoisotopic (exact) mass is 574 g/mol. The second-order valence-electron chi connectivity index (χ2n) is 10.3. The molecule has 0 aliphatic carbocycles. The van der Waals surface area contributed by atoms with E-state index in [0.29, 0.717) is 31.1 Å². The lowest BCUT2D eigenvalue weighted by Gasteiger charge is -2.48. The summed E-state index contributed by atoms with van der Waals surface area (Å²) in [7, 11) is 1.52. The van der Waals surface area contributed by atoms with Crippen LogP contribution in [0.15, 0.2) is 103 Å². The van der Waals surface area contributed by atoms with Crippen molar-refractivity contribution in [3.05, 3.63) is 136 Å². The zero-order chi connectivity index (χ0) is 28.7. The quantitative estimate of drug-likeness (QED) is 0.210. The Hall–Kier alpha value is -3.23. The van der Waals surface area contributed by atoms with E-state index in [-0.39, 0.29) is 5.75 Å². The number of hydrogen-bond acceptors (Lipinski definition) is 6. The molecule has 4 aromatic carbocycles. The van der Waals surface area contributed by atoms with E-state index in [9.17, 15) is 10.2 Å². The summed E-state index contributed by atoms with van der Waals surface area (Å²) in [5, 5.41) is 21.0. The van der Waals surface area contributed by atoms with Gasteiger partial charge < -0.3 is 29.2 Å². The van der Waals surface area contributed by atoms with Crippen LogP contribution in [0.2, 0.25) is 5.02 Å². The molecule has 4 atom stereocenters. The lowest BCUT2D eigenvalue weighted by molar-refractivity contribution is -0.358. The fourth-order valence-electron chi connectivity index (χ4n) is 5.23. The third kappa shape index (κ3) is 7.16. The number of rotatable bonds is 11. The summed E-state index contributed by atoms with van der Waals surface area (Å²) in [6, 6.07) is 32.7. The summed E-state index contributed by atoms with van der Waals surface area (Å²) in [5.74, 6) is -1.23. The molecule has 4 unspecified atom stereocenters. The van der Waals surface area contributed by atoms with Crippen LogP contribution in [0, 0.1) is 0 Å². The van der Waals surface area contributed by atoms with E-state index in [1.807, 2.05) is 91.0 Å². The van der Waals surface area contributed by atoms with E-state index in [4.69, 9.17) is 30.5 Å². The summed E-state index contributed by atoms with van der Waals surface area (Å²) >= 11 is 6.60. The van der Waals surface area contributed by atoms with Crippen molar-refractivity contribution in [3.8, 4) is 5.75 Å². The van der Waals surface area contributed by atoms with E-state index in [1.54, 1.807) is 12.1 Å². The van der Waals surface area contributed by atoms with E-state index >= 15 is 0 Å². The Labute approximate surface area is 246 Å². The zero-order valence-electron chi connectivity index (χ0n) is 23.0. The van der Waals surface area contributed by atoms with Crippen molar-refractivity contribution in [1.82, 2.24) is 0 Å². The van der Waals surface area contributed by atoms with Crippen LogP contribution in [0.1, 0.15) is 40.3 Å². The average Bonchev–Trinajstić information content (AvgIpc) is 3.02. The minimum atomic E-state index is -1.45. The first-order chi connectivity index (χ1) is 20.0. The SMILES string of the molecule is COC1(CO)OC(c2ccc(Cl)c(Cc3ccc(O)cc3)c2)CC(OCc2ccccc2)C1OCc1ccccc1. The molecule has 4 aromatic rings. The first-order valence-electron chi connectivity index (χ1n) is 13.7. The number of benzene rings is 4. The lowest BCUT2D eigenvalue weighted by atomic mass is 9.90. The molecule has 0 saturated carbocycles. The number of hydrogen-bond donors (Lipinski definition) is 2. The van der Waals surface area contributed by atoms with Gasteiger partial charge in [0.25, 0.3) is 0 Å². The highest BCUT2D eigenvalue weighted by molar-refractivity contribution is 6.31. The van der Waals surface area contributed by atoms with Gasteiger partial charge in [0.05, 0.1) is 25.4 Å². The number of phenols is 1. The molecule has 6 nitrogen and oxygen atoms in total. The molecule has 5 rings (SSSR count). The van der Waals surface area contributed by atoms with Gasteiger partial charge in [0.15, 0.2) is 0 Å². The van der Waals surface area contributed by atoms with Crippen molar-refractivity contribution >= 4 is 11.6 Å². The van der Waals surface area contributed by atoms with Crippen LogP contribution in [0.3, 0.4) is 0 Å². The molecule has 1 heterocycles. The largest absolute Gasteiger partial charge is 0.508 e. The topological polar surface area (TPSA) is 77.4 Å². The number of aliphatic hydroxyl groups is 1. The Kier molecular flexibility index (Phi) is 9.72. The first kappa shape index (κ1) is 29.3. The van der Waals surface area contributed by atoms with Gasteiger partial charge in [-0.2, -0.15) is 0 Å². The number of aliphatic hydroxyl groups excluding tert-OH is 1. The first-order valence-corrected chi connectivity index (χ1v) is 14.1. The van der Waals surface area contributed by atoms with Gasteiger partial charge in [-0.1, -0.05) is 96.5 Å². The minimum absolute atomic E-state index is 0.217. The number of ether oxygens (including phenoxy) is 4. The molecule has 214 valence electrons. The van der Waals surface area contributed by atoms with Crippen LogP contribution < -0.4 is 0 Å². The second kappa shape index (κ2) is 13.6. The zero-order valence-corrected chi connectivity index (χ0v) is 23.7. The maximum atomic E-state index is 10.7. The highest BCUT2D eigenvalue weighted by Crippen LogP contribution is 2.42. The van der Waals surface area contributed by atoms with Crippen LogP contribution in [0.25, 0.3) is 0 Å². The third-order valence-electron chi connectivity index (χ3n) is 7.48. The van der Waals surface area contributed by atoms with Gasteiger partial charge in [-0.15, -0.1) is 0 Å². The number of phenolic OH excluding ortho intramolecular Hbond substituents is 1. The smallest absolute Gasteiger partial charge is 0.221 e. The number of methoxy groups -OCH3 is 1. The normalized spacial score (nSPS) is 22.5. The summed E-state index contributed by atoms with van der Waals surface area (Å²) in [5.41, 5.74) is 4.87. The summed E-state index contributed by atoms with van der Waals surface area (Å²) in [6.45, 7) is 0.271. The van der Waals surface area contributed by atoms with E-state index in [0.717, 1.165) is 27.8 Å². The van der Waals surface area contributed by atoms with Crippen molar-refractivity contribution < 1.29 is 29.2 Å². The molecular weight excluding hydrogens is 540 g/mol. The highest BCUT2D eigenvalue weighted by atomic mass is 35.5. The predicted molar refractivity (Wildman–Crippen MR) is 158 cm³/mol. The second-order valence-corrected chi connectivity index (χ2v) is 10.7. The molecule has 1 aliphatic heterocycles. The molecule has 1 saturated heterocycles. The molecule has 0 spiro atoms. The molecule has 0 aromatic heterocycles. The predicted octanol–water partition coefficient (Wildman–Crippen LogP) is 6.60. The van der Waals surface area contributed by atoms with E-state index < -0.39 is 30.7 Å². The maximum absolute atomic E-state index is 10.7. The molecule has 2 N–H and O–H groups in total. The summed E-state index contributed by atoms with van der Waals surface area (Å²) < 4.78 is 25.3. The lowest BCUT2D eigenvalue weighted by Crippen LogP contribution is -2.60. The Bertz CT molecular complexity index is 1380. The number of aromatic hydroxyl groups is 1. The third-order valence-corrected chi connectivity index (χ3v) is 7.85. The Balaban J connectivity index is 1.43. The summed E-state index contributed by atoms with van der Waals surface area (Å²) in [6.07, 6.45) is -0.513. The Morgan fingerprint density at radius 1 is 0.829 bits per heavy atom. The summed E-state index contributed by atoms with van der Waals surface area (Å²) in [4.78, 5) is 0. The molecule has 1 aliphatic rings. The molecular formula is C34H35ClO6. The van der Waals surface area contributed by atoms with E-state index in [1.165, 1.54) is 7.11 Å². The van der Waals surface area contributed by atoms with Gasteiger partial charge >= 0.3 is 0 Å². The van der Waals surface area contributed by atoms with Crippen molar-refractivity contribution in [2.24, 2.45) is 0 Å². The van der Waals surface area contributed by atoms with Crippen molar-refractivity contribution in [3.63, 3.8) is 0 Å². The van der Waals surface area contributed by atoms with Gasteiger partial charge in [-0.05, 0) is 52.4 Å². The van der Waals surface area contributed by atoms with E-state index in [2.05, 4.69) is 0 Å². The molecule has 0 bridgehead atoms. The maximum Gasteiger partial charge on any atom is 0.221 e. The number of halogens is 1. The van der Waals surface area contributed by atoms with Gasteiger partial charge in [-0.3, -0.25) is 0 Å². The Morgan fingerprint density at radius 2 is 1.46 bits per heavy atom. The highest BCUT2D eigenvalue weighted by Gasteiger charge is 2.52. The molecule has 1 fully saturated rings. The van der Waals surface area contributed by atoms with Crippen LogP contribution >= 0.6 is 11.6 Å². The van der Waals surface area contributed by atoms with Gasteiger partial charge in [0.1, 0.15) is 18.5 Å². The van der Waals surface area contributed by atoms with Crippen molar-refractivity contribution in [1.29, 1.82) is 0 Å². The van der Waals surface area contributed by atoms with Crippen LogP contribution in [-0.2, 0) is 38.6 Å². The van der Waals surface area contributed by atoms with Crippen LogP contribution in [-0.4, -0.2) is 41.9 Å². The van der Waals surface area contributed by atoms with Crippen LogP contribution in [0.5, 0.6) is 5.75 Å². The molecule has 0 amide bonds. The molecule has 0 radical (unpaired) electrons. The van der Waals surface area contributed by atoms with Gasteiger partial charge in [0, 0.05) is 18.6 Å². The average molecular weight is 575 g/mol. The minimum Gasteiger partial charge on any atom is -0.508 e. The van der Waals surface area contributed by atoms with Crippen molar-refractivity contribution in [2.75, 3.05) is 13.7 Å². The van der Waals surface area contributed by atoms with Crippen LogP contribution in [0.4, 0.5) is 0 Å². The van der Waals surface area contributed by atoms with Gasteiger partial charge in [-0.25, -0.2) is 0 Å².